The summed E-state index contributed by atoms with van der Waals surface area (Å²) >= 11 is 0. The highest BCUT2D eigenvalue weighted by Gasteiger charge is 2.26. The lowest BCUT2D eigenvalue weighted by molar-refractivity contribution is 0.158. The summed E-state index contributed by atoms with van der Waals surface area (Å²) in [7, 11) is 0. The highest BCUT2D eigenvalue weighted by Crippen LogP contribution is 2.32. The molecule has 2 rings (SSSR count). The number of rotatable bonds is 9. The largest absolute Gasteiger partial charge is 0.494 e. The van der Waals surface area contributed by atoms with E-state index in [1.54, 1.807) is 0 Å². The van der Waals surface area contributed by atoms with Gasteiger partial charge >= 0.3 is 0 Å². The molecule has 0 aromatic rings. The van der Waals surface area contributed by atoms with E-state index in [9.17, 15) is 0 Å². The van der Waals surface area contributed by atoms with Crippen LogP contribution in [0.3, 0.4) is 0 Å². The quantitative estimate of drug-likeness (QED) is 0.446. The summed E-state index contributed by atoms with van der Waals surface area (Å²) in [5.41, 5.74) is 1.43. The molecule has 0 aromatic heterocycles. The van der Waals surface area contributed by atoms with Gasteiger partial charge in [-0.2, -0.15) is 0 Å². The second-order valence-corrected chi connectivity index (χ2v) is 5.71. The Hall–Kier alpha value is -1.02. The van der Waals surface area contributed by atoms with Gasteiger partial charge in [0.15, 0.2) is 0 Å². The van der Waals surface area contributed by atoms with E-state index in [2.05, 4.69) is 38.2 Å². The highest BCUT2D eigenvalue weighted by atomic mass is 16.6. The molecule has 2 atom stereocenters. The van der Waals surface area contributed by atoms with Gasteiger partial charge in [0.25, 0.3) is 0 Å². The second-order valence-electron chi connectivity index (χ2n) is 5.71. The predicted molar refractivity (Wildman–Crippen MR) is 83.5 cm³/mol. The standard InChI is InChI=1S/C18H28O2/c1-3-5-6-7-11-17-15(9-4-2)10-8-12-18(17)20-14-16-13-19-16/h8-10,12,16-17H,3-7,11,13-14H2,1-2H3. The Labute approximate surface area is 123 Å². The van der Waals surface area contributed by atoms with Crippen LogP contribution in [0.25, 0.3) is 0 Å². The Morgan fingerprint density at radius 2 is 2.15 bits per heavy atom. The first-order valence-corrected chi connectivity index (χ1v) is 8.17. The SMILES string of the molecule is CCC=C1C=CC=C(OCC2CO2)C1CCCCCC. The van der Waals surface area contributed by atoms with Crippen molar-refractivity contribution in [1.82, 2.24) is 0 Å². The van der Waals surface area contributed by atoms with Gasteiger partial charge in [0.2, 0.25) is 0 Å². The van der Waals surface area contributed by atoms with Crippen LogP contribution in [0.4, 0.5) is 0 Å². The van der Waals surface area contributed by atoms with Crippen LogP contribution in [0.5, 0.6) is 0 Å². The van der Waals surface area contributed by atoms with Crippen LogP contribution >= 0.6 is 0 Å². The van der Waals surface area contributed by atoms with Crippen molar-refractivity contribution in [1.29, 1.82) is 0 Å². The number of hydrogen-bond acceptors (Lipinski definition) is 2. The zero-order valence-electron chi connectivity index (χ0n) is 12.9. The van der Waals surface area contributed by atoms with Gasteiger partial charge in [-0.15, -0.1) is 0 Å². The van der Waals surface area contributed by atoms with E-state index in [0.29, 0.717) is 18.6 Å². The maximum atomic E-state index is 6.00. The summed E-state index contributed by atoms with van der Waals surface area (Å²) in [5.74, 6) is 1.59. The topological polar surface area (TPSA) is 21.8 Å². The molecule has 20 heavy (non-hydrogen) atoms. The molecule has 2 unspecified atom stereocenters. The second kappa shape index (κ2) is 8.31. The van der Waals surface area contributed by atoms with E-state index < -0.39 is 0 Å². The van der Waals surface area contributed by atoms with Gasteiger partial charge in [0.1, 0.15) is 18.5 Å². The monoisotopic (exact) mass is 276 g/mol. The Balaban J connectivity index is 1.91. The minimum absolute atomic E-state index is 0.334. The van der Waals surface area contributed by atoms with E-state index in [4.69, 9.17) is 9.47 Å². The van der Waals surface area contributed by atoms with Gasteiger partial charge in [-0.05, 0) is 24.5 Å². The van der Waals surface area contributed by atoms with Crippen molar-refractivity contribution in [3.63, 3.8) is 0 Å². The third-order valence-electron chi connectivity index (χ3n) is 3.92. The van der Waals surface area contributed by atoms with Gasteiger partial charge in [0.05, 0.1) is 6.61 Å². The Morgan fingerprint density at radius 3 is 2.85 bits per heavy atom. The molecule has 2 nitrogen and oxygen atoms in total. The fraction of sp³-hybridized carbons (Fsp3) is 0.667. The smallest absolute Gasteiger partial charge is 0.116 e. The lowest BCUT2D eigenvalue weighted by Crippen LogP contribution is -2.14. The van der Waals surface area contributed by atoms with Crippen LogP contribution in [0.15, 0.2) is 35.6 Å². The third kappa shape index (κ3) is 4.82. The van der Waals surface area contributed by atoms with Crippen LogP contribution in [0.2, 0.25) is 0 Å². The molecule has 0 saturated carbocycles. The van der Waals surface area contributed by atoms with Crippen molar-refractivity contribution in [2.45, 2.75) is 58.5 Å². The first-order valence-electron chi connectivity index (χ1n) is 8.17. The third-order valence-corrected chi connectivity index (χ3v) is 3.92. The van der Waals surface area contributed by atoms with Gasteiger partial charge in [0, 0.05) is 5.92 Å². The normalized spacial score (nSPS) is 26.7. The molecule has 1 aliphatic carbocycles. The number of hydrogen-bond donors (Lipinski definition) is 0. The lowest BCUT2D eigenvalue weighted by Gasteiger charge is -2.24. The number of unbranched alkanes of at least 4 members (excludes halogenated alkanes) is 3. The Kier molecular flexibility index (Phi) is 6.38. The first-order chi connectivity index (χ1) is 9.85. The summed E-state index contributed by atoms with van der Waals surface area (Å²) in [4.78, 5) is 0. The molecule has 1 aliphatic heterocycles. The Bertz CT molecular complexity index is 375. The highest BCUT2D eigenvalue weighted by molar-refractivity contribution is 5.35. The first kappa shape index (κ1) is 15.4. The van der Waals surface area contributed by atoms with Gasteiger partial charge in [-0.1, -0.05) is 57.8 Å². The summed E-state index contributed by atoms with van der Waals surface area (Å²) < 4.78 is 11.2. The van der Waals surface area contributed by atoms with E-state index >= 15 is 0 Å². The molecule has 0 amide bonds. The van der Waals surface area contributed by atoms with Gasteiger partial charge in [-0.25, -0.2) is 0 Å². The van der Waals surface area contributed by atoms with Crippen molar-refractivity contribution in [2.24, 2.45) is 5.92 Å². The van der Waals surface area contributed by atoms with Crippen molar-refractivity contribution in [2.75, 3.05) is 13.2 Å². The van der Waals surface area contributed by atoms with Gasteiger partial charge in [-0.3, -0.25) is 0 Å². The summed E-state index contributed by atoms with van der Waals surface area (Å²) in [5, 5.41) is 0. The molecule has 0 aromatic carbocycles. The Morgan fingerprint density at radius 1 is 1.30 bits per heavy atom. The molecule has 2 aliphatic rings. The molecule has 1 fully saturated rings. The van der Waals surface area contributed by atoms with E-state index in [1.165, 1.54) is 37.7 Å². The average molecular weight is 276 g/mol. The molecule has 0 radical (unpaired) electrons. The fourth-order valence-corrected chi connectivity index (χ4v) is 2.68. The molecule has 0 bridgehead atoms. The van der Waals surface area contributed by atoms with Crippen LogP contribution in [-0.2, 0) is 9.47 Å². The summed E-state index contributed by atoms with van der Waals surface area (Å²) in [6.07, 6.45) is 16.7. The van der Waals surface area contributed by atoms with Crippen LogP contribution in [0, 0.1) is 5.92 Å². The fourth-order valence-electron chi connectivity index (χ4n) is 2.68. The van der Waals surface area contributed by atoms with Crippen LogP contribution in [0.1, 0.15) is 52.4 Å². The summed E-state index contributed by atoms with van der Waals surface area (Å²) in [6.45, 7) is 6.04. The van der Waals surface area contributed by atoms with E-state index in [-0.39, 0.29) is 0 Å². The molecule has 0 spiro atoms. The van der Waals surface area contributed by atoms with Crippen molar-refractivity contribution in [3.8, 4) is 0 Å². The van der Waals surface area contributed by atoms with Crippen molar-refractivity contribution in [3.05, 3.63) is 35.6 Å². The van der Waals surface area contributed by atoms with E-state index in [1.807, 2.05) is 0 Å². The zero-order valence-corrected chi connectivity index (χ0v) is 12.9. The molecule has 112 valence electrons. The minimum Gasteiger partial charge on any atom is -0.494 e. The van der Waals surface area contributed by atoms with Crippen molar-refractivity contribution >= 4 is 0 Å². The number of allylic oxidation sites excluding steroid dienone is 5. The van der Waals surface area contributed by atoms with E-state index in [0.717, 1.165) is 18.8 Å². The zero-order chi connectivity index (χ0) is 14.2. The number of ether oxygens (including phenoxy) is 2. The maximum Gasteiger partial charge on any atom is 0.116 e. The number of epoxide rings is 1. The molecular weight excluding hydrogens is 248 g/mol. The lowest BCUT2D eigenvalue weighted by atomic mass is 9.87. The average Bonchev–Trinajstić information content (AvgIpc) is 3.27. The van der Waals surface area contributed by atoms with Crippen molar-refractivity contribution < 1.29 is 9.47 Å². The molecular formula is C18H28O2. The van der Waals surface area contributed by atoms with Crippen LogP contribution in [-0.4, -0.2) is 19.3 Å². The summed E-state index contributed by atoms with van der Waals surface area (Å²) in [6, 6.07) is 0. The predicted octanol–water partition coefficient (Wildman–Crippen LogP) is 4.78. The van der Waals surface area contributed by atoms with Crippen LogP contribution < -0.4 is 0 Å². The van der Waals surface area contributed by atoms with Gasteiger partial charge < -0.3 is 9.47 Å². The molecule has 0 N–H and O–H groups in total. The molecule has 1 saturated heterocycles. The minimum atomic E-state index is 0.334. The maximum absolute atomic E-state index is 6.00. The molecule has 2 heteroatoms. The molecule has 1 heterocycles.